The Hall–Kier alpha value is -1.36. The van der Waals surface area contributed by atoms with Crippen LogP contribution in [0.5, 0.6) is 0 Å². The molecule has 1 aliphatic rings. The largest absolute Gasteiger partial charge is 0.334 e. The minimum Gasteiger partial charge on any atom is -0.334 e. The van der Waals surface area contributed by atoms with E-state index in [4.69, 9.17) is 5.73 Å². The fraction of sp³-hybridized carbons (Fsp3) is 0.714. The van der Waals surface area contributed by atoms with E-state index in [1.807, 2.05) is 18.0 Å². The van der Waals surface area contributed by atoms with Gasteiger partial charge in [0.2, 0.25) is 0 Å². The number of hydrogen-bond donors (Lipinski definition) is 1. The normalized spacial score (nSPS) is 24.0. The topological polar surface area (TPSA) is 64.2 Å². The highest BCUT2D eigenvalue weighted by molar-refractivity contribution is 5.92. The first-order valence-corrected chi connectivity index (χ1v) is 7.00. The molecule has 0 saturated carbocycles. The zero-order valence-corrected chi connectivity index (χ0v) is 12.3. The molecule has 2 unspecified atom stereocenters. The molecule has 0 bridgehead atoms. The van der Waals surface area contributed by atoms with Crippen molar-refractivity contribution in [3.8, 4) is 0 Å². The number of rotatable bonds is 2. The summed E-state index contributed by atoms with van der Waals surface area (Å²) >= 11 is 0. The molecule has 106 valence electrons. The SMILES string of the molecule is CC(C)c1cc(C(=O)N2CCC(N)CC2C)nn1C. The van der Waals surface area contributed by atoms with Gasteiger partial charge in [0.25, 0.3) is 5.91 Å². The van der Waals surface area contributed by atoms with Crippen LogP contribution in [0.3, 0.4) is 0 Å². The van der Waals surface area contributed by atoms with E-state index < -0.39 is 0 Å². The van der Waals surface area contributed by atoms with Gasteiger partial charge in [-0.05, 0) is 31.7 Å². The molecule has 5 nitrogen and oxygen atoms in total. The molecule has 0 radical (unpaired) electrons. The first-order chi connectivity index (χ1) is 8.90. The van der Waals surface area contributed by atoms with Crippen molar-refractivity contribution in [2.75, 3.05) is 6.54 Å². The van der Waals surface area contributed by atoms with Crippen LogP contribution >= 0.6 is 0 Å². The van der Waals surface area contributed by atoms with E-state index in [1.165, 1.54) is 0 Å². The number of amides is 1. The Labute approximate surface area is 114 Å². The van der Waals surface area contributed by atoms with E-state index in [0.29, 0.717) is 11.6 Å². The highest BCUT2D eigenvalue weighted by atomic mass is 16.2. The Balaban J connectivity index is 2.18. The van der Waals surface area contributed by atoms with Crippen LogP contribution in [0.15, 0.2) is 6.07 Å². The van der Waals surface area contributed by atoms with Crippen molar-refractivity contribution in [3.05, 3.63) is 17.5 Å². The lowest BCUT2D eigenvalue weighted by atomic mass is 9.99. The van der Waals surface area contributed by atoms with Gasteiger partial charge < -0.3 is 10.6 Å². The Bertz CT molecular complexity index is 466. The molecule has 2 heterocycles. The van der Waals surface area contributed by atoms with Crippen LogP contribution in [0.25, 0.3) is 0 Å². The van der Waals surface area contributed by atoms with Gasteiger partial charge >= 0.3 is 0 Å². The van der Waals surface area contributed by atoms with Crippen LogP contribution in [0.2, 0.25) is 0 Å². The van der Waals surface area contributed by atoms with E-state index in [1.54, 1.807) is 4.68 Å². The summed E-state index contributed by atoms with van der Waals surface area (Å²) < 4.78 is 1.80. The number of nitrogens with zero attached hydrogens (tertiary/aromatic N) is 3. The third kappa shape index (κ3) is 2.81. The van der Waals surface area contributed by atoms with Crippen molar-refractivity contribution in [2.24, 2.45) is 12.8 Å². The maximum absolute atomic E-state index is 12.5. The van der Waals surface area contributed by atoms with Crippen molar-refractivity contribution < 1.29 is 4.79 Å². The van der Waals surface area contributed by atoms with Gasteiger partial charge in [0.05, 0.1) is 0 Å². The Morgan fingerprint density at radius 3 is 2.74 bits per heavy atom. The predicted molar refractivity (Wildman–Crippen MR) is 75.0 cm³/mol. The number of aromatic nitrogens is 2. The third-order valence-electron chi connectivity index (χ3n) is 3.90. The van der Waals surface area contributed by atoms with Crippen molar-refractivity contribution in [1.29, 1.82) is 0 Å². The van der Waals surface area contributed by atoms with Crippen LogP contribution in [-0.4, -0.2) is 39.2 Å². The van der Waals surface area contributed by atoms with Gasteiger partial charge in [-0.25, -0.2) is 0 Å². The van der Waals surface area contributed by atoms with Crippen LogP contribution in [0.1, 0.15) is 55.7 Å². The van der Waals surface area contributed by atoms with Crippen LogP contribution < -0.4 is 5.73 Å². The van der Waals surface area contributed by atoms with Gasteiger partial charge in [0.15, 0.2) is 5.69 Å². The second kappa shape index (κ2) is 5.33. The first kappa shape index (κ1) is 14.1. The minimum absolute atomic E-state index is 0.0295. The summed E-state index contributed by atoms with van der Waals surface area (Å²) in [7, 11) is 1.89. The summed E-state index contributed by atoms with van der Waals surface area (Å²) in [6.45, 7) is 7.00. The van der Waals surface area contributed by atoms with Gasteiger partial charge in [-0.3, -0.25) is 9.48 Å². The standard InChI is InChI=1S/C14H24N4O/c1-9(2)13-8-12(16-17(13)4)14(19)18-6-5-11(15)7-10(18)3/h8-11H,5-7,15H2,1-4H3. The van der Waals surface area contributed by atoms with Crippen LogP contribution in [-0.2, 0) is 7.05 Å². The van der Waals surface area contributed by atoms with Crippen LogP contribution in [0.4, 0.5) is 0 Å². The predicted octanol–water partition coefficient (Wildman–Crippen LogP) is 1.50. The average Bonchev–Trinajstić information content (AvgIpc) is 2.70. The van der Waals surface area contributed by atoms with Crippen molar-refractivity contribution in [1.82, 2.24) is 14.7 Å². The summed E-state index contributed by atoms with van der Waals surface area (Å²) in [6, 6.07) is 2.32. The van der Waals surface area contributed by atoms with E-state index >= 15 is 0 Å². The van der Waals surface area contributed by atoms with Gasteiger partial charge in [0, 0.05) is 31.4 Å². The Kier molecular flexibility index (Phi) is 3.94. The van der Waals surface area contributed by atoms with E-state index in [0.717, 1.165) is 25.1 Å². The molecule has 0 aliphatic carbocycles. The number of carbonyl (C=O) groups excluding carboxylic acids is 1. The third-order valence-corrected chi connectivity index (χ3v) is 3.90. The molecule has 1 amide bonds. The molecule has 1 saturated heterocycles. The maximum Gasteiger partial charge on any atom is 0.274 e. The Morgan fingerprint density at radius 1 is 1.53 bits per heavy atom. The quantitative estimate of drug-likeness (QED) is 0.880. The molecule has 1 fully saturated rings. The van der Waals surface area contributed by atoms with E-state index in [2.05, 4.69) is 25.9 Å². The molecule has 1 aliphatic heterocycles. The van der Waals surface area contributed by atoms with Crippen molar-refractivity contribution >= 4 is 5.91 Å². The highest BCUT2D eigenvalue weighted by Crippen LogP contribution is 2.20. The maximum atomic E-state index is 12.5. The molecule has 19 heavy (non-hydrogen) atoms. The molecular weight excluding hydrogens is 240 g/mol. The number of hydrogen-bond acceptors (Lipinski definition) is 3. The van der Waals surface area contributed by atoms with E-state index in [-0.39, 0.29) is 18.0 Å². The number of aryl methyl sites for hydroxylation is 1. The minimum atomic E-state index is 0.0295. The monoisotopic (exact) mass is 264 g/mol. The van der Waals surface area contributed by atoms with Gasteiger partial charge in [-0.2, -0.15) is 5.10 Å². The smallest absolute Gasteiger partial charge is 0.274 e. The molecule has 1 aromatic heterocycles. The van der Waals surface area contributed by atoms with Gasteiger partial charge in [0.1, 0.15) is 0 Å². The fourth-order valence-electron chi connectivity index (χ4n) is 2.78. The lowest BCUT2D eigenvalue weighted by Crippen LogP contribution is -2.48. The zero-order chi connectivity index (χ0) is 14.2. The summed E-state index contributed by atoms with van der Waals surface area (Å²) in [5.74, 6) is 0.396. The van der Waals surface area contributed by atoms with Crippen LogP contribution in [0, 0.1) is 0 Å². The second-order valence-electron chi connectivity index (χ2n) is 5.86. The molecule has 2 atom stereocenters. The molecule has 2 rings (SSSR count). The fourth-order valence-corrected chi connectivity index (χ4v) is 2.78. The number of carbonyl (C=O) groups is 1. The average molecular weight is 264 g/mol. The van der Waals surface area contributed by atoms with Crippen molar-refractivity contribution in [3.63, 3.8) is 0 Å². The summed E-state index contributed by atoms with van der Waals surface area (Å²) in [5.41, 5.74) is 7.57. The number of likely N-dealkylation sites (tertiary alicyclic amines) is 1. The molecule has 0 spiro atoms. The summed E-state index contributed by atoms with van der Waals surface area (Å²) in [6.07, 6.45) is 1.75. The zero-order valence-electron chi connectivity index (χ0n) is 12.3. The summed E-state index contributed by atoms with van der Waals surface area (Å²) in [4.78, 5) is 14.4. The molecule has 5 heteroatoms. The lowest BCUT2D eigenvalue weighted by molar-refractivity contribution is 0.0612. The van der Waals surface area contributed by atoms with Gasteiger partial charge in [-0.1, -0.05) is 13.8 Å². The molecule has 1 aromatic rings. The second-order valence-corrected chi connectivity index (χ2v) is 5.86. The Morgan fingerprint density at radius 2 is 2.21 bits per heavy atom. The number of nitrogens with two attached hydrogens (primary N) is 1. The number of piperidine rings is 1. The first-order valence-electron chi connectivity index (χ1n) is 7.00. The highest BCUT2D eigenvalue weighted by Gasteiger charge is 2.29. The van der Waals surface area contributed by atoms with E-state index in [9.17, 15) is 4.79 Å². The molecular formula is C14H24N4O. The van der Waals surface area contributed by atoms with Gasteiger partial charge in [-0.15, -0.1) is 0 Å². The lowest BCUT2D eigenvalue weighted by Gasteiger charge is -2.35. The molecule has 2 N–H and O–H groups in total. The van der Waals surface area contributed by atoms with Crippen molar-refractivity contribution in [2.45, 2.75) is 51.6 Å². The molecule has 0 aromatic carbocycles. The summed E-state index contributed by atoms with van der Waals surface area (Å²) in [5, 5.41) is 4.35.